The average Bonchev–Trinajstić information content (AvgIpc) is 2.94. The lowest BCUT2D eigenvalue weighted by molar-refractivity contribution is 0.102. The van der Waals surface area contributed by atoms with E-state index in [4.69, 9.17) is 0 Å². The zero-order chi connectivity index (χ0) is 18.1. The number of anilines is 2. The normalized spacial score (nSPS) is 14.7. The van der Waals surface area contributed by atoms with Crippen LogP contribution in [0.15, 0.2) is 88.7 Å². The van der Waals surface area contributed by atoms with E-state index in [1.54, 1.807) is 66.7 Å². The number of fused-ring (bicyclic) bond motifs is 1. The molecule has 1 amide bonds. The number of hydrogen-bond donors (Lipinski definition) is 1. The van der Waals surface area contributed by atoms with Crippen molar-refractivity contribution in [3.63, 3.8) is 0 Å². The van der Waals surface area contributed by atoms with Gasteiger partial charge in [-0.25, -0.2) is 12.1 Å². The van der Waals surface area contributed by atoms with Crippen molar-refractivity contribution in [2.75, 3.05) is 9.03 Å². The first-order chi connectivity index (χ1) is 12.6. The smallest absolute Gasteiger partial charge is 0.275 e. The summed E-state index contributed by atoms with van der Waals surface area (Å²) in [6, 6.07) is 22.5. The first-order valence-electron chi connectivity index (χ1n) is 7.84. The van der Waals surface area contributed by atoms with Gasteiger partial charge in [-0.15, -0.1) is 0 Å². The van der Waals surface area contributed by atoms with Gasteiger partial charge < -0.3 is 5.32 Å². The fourth-order valence-electron chi connectivity index (χ4n) is 2.62. The fraction of sp³-hybridized carbons (Fsp3) is 0. The van der Waals surface area contributed by atoms with Crippen molar-refractivity contribution in [3.05, 3.63) is 84.4 Å². The van der Waals surface area contributed by atoms with E-state index in [0.29, 0.717) is 26.7 Å². The van der Waals surface area contributed by atoms with Gasteiger partial charge in [0.25, 0.3) is 15.9 Å². The summed E-state index contributed by atoms with van der Waals surface area (Å²) in [4.78, 5) is 13.2. The van der Waals surface area contributed by atoms with Gasteiger partial charge in [-0.3, -0.25) is 4.79 Å². The maximum absolute atomic E-state index is 12.7. The quantitative estimate of drug-likeness (QED) is 0.691. The average molecular weight is 382 g/mol. The molecule has 7 heteroatoms. The second kappa shape index (κ2) is 6.51. The summed E-state index contributed by atoms with van der Waals surface area (Å²) >= 11 is 1.17. The van der Waals surface area contributed by atoms with Gasteiger partial charge in [0.15, 0.2) is 0 Å². The molecule has 0 radical (unpaired) electrons. The molecular formula is C19H14N2O3S2. The lowest BCUT2D eigenvalue weighted by Crippen LogP contribution is -2.18. The third kappa shape index (κ3) is 2.95. The van der Waals surface area contributed by atoms with Crippen LogP contribution in [0.2, 0.25) is 0 Å². The second-order valence-electron chi connectivity index (χ2n) is 5.64. The molecule has 0 unspecified atom stereocenters. The van der Waals surface area contributed by atoms with E-state index < -0.39 is 10.0 Å². The number of nitrogens with one attached hydrogen (secondary N) is 1. The molecule has 3 aromatic carbocycles. The molecule has 0 aliphatic carbocycles. The van der Waals surface area contributed by atoms with Crippen LogP contribution in [0.5, 0.6) is 0 Å². The van der Waals surface area contributed by atoms with E-state index in [-0.39, 0.29) is 5.91 Å². The fourth-order valence-corrected chi connectivity index (χ4v) is 5.77. The molecule has 1 heterocycles. The number of carbonyl (C=O) groups excluding carboxylic acids is 1. The van der Waals surface area contributed by atoms with Gasteiger partial charge in [0.2, 0.25) is 0 Å². The highest BCUT2D eigenvalue weighted by Crippen LogP contribution is 2.44. The van der Waals surface area contributed by atoms with Crippen molar-refractivity contribution in [1.29, 1.82) is 0 Å². The number of rotatable bonds is 3. The van der Waals surface area contributed by atoms with Gasteiger partial charge in [0.1, 0.15) is 4.90 Å². The Morgan fingerprint density at radius 3 is 2.19 bits per heavy atom. The number of amides is 1. The molecule has 26 heavy (non-hydrogen) atoms. The summed E-state index contributed by atoms with van der Waals surface area (Å²) in [5.74, 6) is -0.214. The van der Waals surface area contributed by atoms with Gasteiger partial charge in [0, 0.05) is 23.2 Å². The van der Waals surface area contributed by atoms with E-state index in [9.17, 15) is 13.2 Å². The lowest BCUT2D eigenvalue weighted by Gasteiger charge is -2.15. The maximum atomic E-state index is 12.7. The van der Waals surface area contributed by atoms with E-state index >= 15 is 0 Å². The van der Waals surface area contributed by atoms with E-state index in [1.165, 1.54) is 15.7 Å². The Balaban J connectivity index is 1.55. The molecule has 1 aliphatic rings. The largest absolute Gasteiger partial charge is 0.322 e. The molecule has 130 valence electrons. The van der Waals surface area contributed by atoms with Crippen molar-refractivity contribution in [2.24, 2.45) is 0 Å². The minimum absolute atomic E-state index is 0.214. The van der Waals surface area contributed by atoms with E-state index in [0.717, 1.165) is 0 Å². The number of sulfonamides is 1. The van der Waals surface area contributed by atoms with Gasteiger partial charge in [-0.2, -0.15) is 0 Å². The highest BCUT2D eigenvalue weighted by atomic mass is 32.3. The van der Waals surface area contributed by atoms with Gasteiger partial charge in [0.05, 0.1) is 10.6 Å². The Morgan fingerprint density at radius 1 is 0.846 bits per heavy atom. The molecule has 0 saturated carbocycles. The van der Waals surface area contributed by atoms with Crippen molar-refractivity contribution in [2.45, 2.75) is 9.79 Å². The Hall–Kier alpha value is -2.77. The highest BCUT2D eigenvalue weighted by molar-refractivity contribution is 8.17. The predicted octanol–water partition coefficient (Wildman–Crippen LogP) is 4.15. The van der Waals surface area contributed by atoms with Crippen LogP contribution in [0.4, 0.5) is 11.4 Å². The Morgan fingerprint density at radius 2 is 1.50 bits per heavy atom. The van der Waals surface area contributed by atoms with Crippen molar-refractivity contribution in [1.82, 2.24) is 0 Å². The Labute approximate surface area is 155 Å². The third-order valence-corrected chi connectivity index (χ3v) is 7.33. The first kappa shape index (κ1) is 16.7. The van der Waals surface area contributed by atoms with Crippen LogP contribution in [0.25, 0.3) is 0 Å². The Bertz CT molecular complexity index is 1070. The second-order valence-corrected chi connectivity index (χ2v) is 8.61. The van der Waals surface area contributed by atoms with E-state index in [2.05, 4.69) is 5.32 Å². The summed E-state index contributed by atoms with van der Waals surface area (Å²) < 4.78 is 26.6. The topological polar surface area (TPSA) is 66.5 Å². The molecule has 5 nitrogen and oxygen atoms in total. The maximum Gasteiger partial charge on any atom is 0.275 e. The molecule has 0 saturated heterocycles. The van der Waals surface area contributed by atoms with E-state index in [1.807, 2.05) is 12.1 Å². The van der Waals surface area contributed by atoms with Crippen molar-refractivity contribution in [3.8, 4) is 0 Å². The summed E-state index contributed by atoms with van der Waals surface area (Å²) in [5, 5.41) is 2.80. The van der Waals surface area contributed by atoms with Crippen LogP contribution in [-0.2, 0) is 10.0 Å². The summed E-state index contributed by atoms with van der Waals surface area (Å²) in [6.07, 6.45) is 0. The molecule has 0 fully saturated rings. The minimum atomic E-state index is -3.57. The molecule has 0 aromatic heterocycles. The zero-order valence-electron chi connectivity index (χ0n) is 13.5. The molecule has 0 bridgehead atoms. The van der Waals surface area contributed by atoms with Crippen molar-refractivity contribution < 1.29 is 13.2 Å². The highest BCUT2D eigenvalue weighted by Gasteiger charge is 2.35. The monoisotopic (exact) mass is 382 g/mol. The van der Waals surface area contributed by atoms with Gasteiger partial charge >= 0.3 is 0 Å². The molecule has 0 atom stereocenters. The number of benzene rings is 3. The molecule has 4 rings (SSSR count). The Kier molecular flexibility index (Phi) is 4.18. The number of carbonyl (C=O) groups is 1. The SMILES string of the molecule is O=C(Nc1ccc(N2Sc3ccccc3S2(=O)=O)cc1)c1ccccc1. The summed E-state index contributed by atoms with van der Waals surface area (Å²) in [7, 11) is -3.57. The van der Waals surface area contributed by atoms with Gasteiger partial charge in [-0.05, 0) is 48.5 Å². The van der Waals surface area contributed by atoms with Crippen LogP contribution < -0.4 is 9.03 Å². The third-order valence-electron chi connectivity index (χ3n) is 3.90. The van der Waals surface area contributed by atoms with Crippen LogP contribution in [0.1, 0.15) is 10.4 Å². The molecule has 1 N–H and O–H groups in total. The molecule has 1 aliphatic heterocycles. The van der Waals surface area contributed by atoms with Gasteiger partial charge in [-0.1, -0.05) is 30.3 Å². The van der Waals surface area contributed by atoms with Crippen LogP contribution in [0.3, 0.4) is 0 Å². The van der Waals surface area contributed by atoms with Crippen LogP contribution in [0, 0.1) is 0 Å². The molecular weight excluding hydrogens is 368 g/mol. The van der Waals surface area contributed by atoms with Crippen LogP contribution in [-0.4, -0.2) is 14.3 Å². The number of hydrogen-bond acceptors (Lipinski definition) is 4. The summed E-state index contributed by atoms with van der Waals surface area (Å²) in [5.41, 5.74) is 1.69. The molecule has 3 aromatic rings. The van der Waals surface area contributed by atoms with Crippen LogP contribution >= 0.6 is 11.9 Å². The lowest BCUT2D eigenvalue weighted by atomic mass is 10.2. The standard InChI is InChI=1S/C19H14N2O3S2/c22-19(14-6-2-1-3-7-14)20-15-10-12-16(13-11-15)21-25-17-8-4-5-9-18(17)26(21,23)24/h1-13H,(H,20,22). The van der Waals surface area contributed by atoms with Crippen molar-refractivity contribution >= 4 is 39.3 Å². The number of nitrogens with zero attached hydrogens (tertiary/aromatic N) is 1. The minimum Gasteiger partial charge on any atom is -0.322 e. The first-order valence-corrected chi connectivity index (χ1v) is 10.1. The molecule has 0 spiro atoms. The predicted molar refractivity (Wildman–Crippen MR) is 103 cm³/mol. The zero-order valence-corrected chi connectivity index (χ0v) is 15.1. The summed E-state index contributed by atoms with van der Waals surface area (Å²) in [6.45, 7) is 0.